The lowest BCUT2D eigenvalue weighted by atomic mass is 10.1. The first-order valence-electron chi connectivity index (χ1n) is 8.74. The largest absolute Gasteiger partial charge is 0.325 e. The van der Waals surface area contributed by atoms with Crippen LogP contribution in [0.3, 0.4) is 0 Å². The lowest BCUT2D eigenvalue weighted by Gasteiger charge is -2.08. The number of fused-ring (bicyclic) bond motifs is 1. The minimum atomic E-state index is -3.78. The third-order valence-electron chi connectivity index (χ3n) is 4.23. The molecule has 4 rings (SSSR count). The molecule has 0 spiro atoms. The van der Waals surface area contributed by atoms with Gasteiger partial charge in [0.2, 0.25) is 21.1 Å². The van der Waals surface area contributed by atoms with Gasteiger partial charge in [0.05, 0.1) is 16.3 Å². The summed E-state index contributed by atoms with van der Waals surface area (Å²) in [5, 5.41) is 22.1. The molecule has 1 amide bonds. The number of carbonyl (C=O) groups excluding carboxylic acids is 1. The van der Waals surface area contributed by atoms with E-state index < -0.39 is 10.0 Å². The number of primary sulfonamides is 1. The van der Waals surface area contributed by atoms with E-state index in [4.69, 9.17) is 5.14 Å². The molecule has 1 heterocycles. The lowest BCUT2D eigenvalue weighted by molar-refractivity contribution is -0.113. The van der Waals surface area contributed by atoms with Crippen molar-refractivity contribution in [3.8, 4) is 5.69 Å². The number of sulfonamides is 1. The number of aromatic nitrogens is 4. The second kappa shape index (κ2) is 8.22. The molecule has 0 aliphatic carbocycles. The highest BCUT2D eigenvalue weighted by atomic mass is 32.2. The Morgan fingerprint density at radius 2 is 1.77 bits per heavy atom. The first-order chi connectivity index (χ1) is 14.4. The lowest BCUT2D eigenvalue weighted by Crippen LogP contribution is -2.15. The van der Waals surface area contributed by atoms with Gasteiger partial charge in [-0.1, -0.05) is 48.2 Å². The van der Waals surface area contributed by atoms with Gasteiger partial charge in [0.25, 0.3) is 0 Å². The highest BCUT2D eigenvalue weighted by Gasteiger charge is 2.14. The number of thioether (sulfide) groups is 1. The molecule has 0 aliphatic rings. The summed E-state index contributed by atoms with van der Waals surface area (Å²) in [6, 6.07) is 19.3. The van der Waals surface area contributed by atoms with Gasteiger partial charge in [-0.15, -0.1) is 5.10 Å². The van der Waals surface area contributed by atoms with Crippen LogP contribution >= 0.6 is 11.8 Å². The molecule has 0 unspecified atom stereocenters. The topological polar surface area (TPSA) is 133 Å². The number of nitrogens with two attached hydrogens (primary N) is 1. The van der Waals surface area contributed by atoms with Gasteiger partial charge in [-0.3, -0.25) is 4.79 Å². The van der Waals surface area contributed by atoms with Gasteiger partial charge >= 0.3 is 0 Å². The summed E-state index contributed by atoms with van der Waals surface area (Å²) in [5.74, 6) is -0.210. The first-order valence-corrected chi connectivity index (χ1v) is 11.3. The quantitative estimate of drug-likeness (QED) is 0.439. The van der Waals surface area contributed by atoms with E-state index in [0.29, 0.717) is 10.8 Å². The molecule has 3 aromatic carbocycles. The number of carbonyl (C=O) groups is 1. The highest BCUT2D eigenvalue weighted by molar-refractivity contribution is 7.99. The Kier molecular flexibility index (Phi) is 5.48. The molecule has 11 heteroatoms. The minimum Gasteiger partial charge on any atom is -0.325 e. The molecule has 0 bridgehead atoms. The maximum Gasteiger partial charge on any atom is 0.238 e. The van der Waals surface area contributed by atoms with E-state index in [1.807, 2.05) is 42.5 Å². The Morgan fingerprint density at radius 1 is 1.03 bits per heavy atom. The molecular weight excluding hydrogens is 424 g/mol. The average Bonchev–Trinajstić information content (AvgIpc) is 3.20. The van der Waals surface area contributed by atoms with Gasteiger partial charge in [0.15, 0.2) is 0 Å². The normalized spacial score (nSPS) is 11.5. The van der Waals surface area contributed by atoms with Crippen LogP contribution in [0.2, 0.25) is 0 Å². The monoisotopic (exact) mass is 440 g/mol. The van der Waals surface area contributed by atoms with Gasteiger partial charge in [-0.05, 0) is 46.1 Å². The fourth-order valence-corrected chi connectivity index (χ4v) is 4.07. The van der Waals surface area contributed by atoms with Crippen LogP contribution in [0.4, 0.5) is 5.69 Å². The molecule has 0 saturated carbocycles. The molecule has 152 valence electrons. The molecule has 0 fully saturated rings. The number of amides is 1. The Bertz CT molecular complexity index is 1310. The fourth-order valence-electron chi connectivity index (χ4n) is 2.87. The van der Waals surface area contributed by atoms with E-state index >= 15 is 0 Å². The summed E-state index contributed by atoms with van der Waals surface area (Å²) in [4.78, 5) is 12.3. The molecule has 30 heavy (non-hydrogen) atoms. The van der Waals surface area contributed by atoms with Crippen LogP contribution < -0.4 is 10.5 Å². The predicted octanol–water partition coefficient (Wildman–Crippen LogP) is 2.19. The third kappa shape index (κ3) is 4.32. The molecule has 3 N–H and O–H groups in total. The Balaban J connectivity index is 1.46. The van der Waals surface area contributed by atoms with Gasteiger partial charge < -0.3 is 5.32 Å². The number of anilines is 1. The van der Waals surface area contributed by atoms with Crippen molar-refractivity contribution < 1.29 is 13.2 Å². The van der Waals surface area contributed by atoms with Crippen LogP contribution in [0.25, 0.3) is 16.5 Å². The van der Waals surface area contributed by atoms with Crippen LogP contribution in [0.1, 0.15) is 0 Å². The third-order valence-corrected chi connectivity index (χ3v) is 6.08. The SMILES string of the molecule is NS(=O)(=O)c1ccc(NC(=O)CSc2nnnn2-c2cccc3ccccc23)cc1. The fraction of sp³-hybridized carbons (Fsp3) is 0.0526. The number of benzene rings is 3. The van der Waals surface area contributed by atoms with E-state index in [1.54, 1.807) is 4.68 Å². The number of tetrazole rings is 1. The van der Waals surface area contributed by atoms with Crippen molar-refractivity contribution in [1.29, 1.82) is 0 Å². The smallest absolute Gasteiger partial charge is 0.238 e. The molecule has 4 aromatic rings. The average molecular weight is 441 g/mol. The van der Waals surface area contributed by atoms with E-state index in [-0.39, 0.29) is 16.6 Å². The van der Waals surface area contributed by atoms with Crippen LogP contribution in [0.5, 0.6) is 0 Å². The number of hydrogen-bond acceptors (Lipinski definition) is 7. The van der Waals surface area contributed by atoms with Crippen molar-refractivity contribution in [3.05, 3.63) is 66.7 Å². The van der Waals surface area contributed by atoms with Crippen LogP contribution in [0, 0.1) is 0 Å². The predicted molar refractivity (Wildman–Crippen MR) is 114 cm³/mol. The van der Waals surface area contributed by atoms with Gasteiger partial charge in [-0.2, -0.15) is 4.68 Å². The van der Waals surface area contributed by atoms with Gasteiger partial charge in [0.1, 0.15) is 0 Å². The van der Waals surface area contributed by atoms with Crippen molar-refractivity contribution in [2.75, 3.05) is 11.1 Å². The van der Waals surface area contributed by atoms with Crippen molar-refractivity contribution in [2.24, 2.45) is 5.14 Å². The van der Waals surface area contributed by atoms with Crippen LogP contribution in [-0.4, -0.2) is 40.3 Å². The minimum absolute atomic E-state index is 0.0239. The van der Waals surface area contributed by atoms with E-state index in [9.17, 15) is 13.2 Å². The van der Waals surface area contributed by atoms with Gasteiger partial charge in [-0.25, -0.2) is 13.6 Å². The summed E-state index contributed by atoms with van der Waals surface area (Å²) in [5.41, 5.74) is 1.28. The molecular formula is C19H16N6O3S2. The maximum atomic E-state index is 12.3. The van der Waals surface area contributed by atoms with Crippen LogP contribution in [0.15, 0.2) is 76.8 Å². The molecule has 0 saturated heterocycles. The highest BCUT2D eigenvalue weighted by Crippen LogP contribution is 2.25. The summed E-state index contributed by atoms with van der Waals surface area (Å²) in [7, 11) is -3.78. The maximum absolute atomic E-state index is 12.3. The number of nitrogens with zero attached hydrogens (tertiary/aromatic N) is 4. The van der Waals surface area contributed by atoms with Crippen molar-refractivity contribution in [3.63, 3.8) is 0 Å². The van der Waals surface area contributed by atoms with Crippen LogP contribution in [-0.2, 0) is 14.8 Å². The molecule has 0 radical (unpaired) electrons. The Morgan fingerprint density at radius 3 is 2.53 bits per heavy atom. The molecule has 9 nitrogen and oxygen atoms in total. The molecule has 0 atom stereocenters. The Labute approximate surface area is 176 Å². The summed E-state index contributed by atoms with van der Waals surface area (Å²) >= 11 is 1.19. The number of hydrogen-bond donors (Lipinski definition) is 2. The van der Waals surface area contributed by atoms with Crippen molar-refractivity contribution in [1.82, 2.24) is 20.2 Å². The second-order valence-electron chi connectivity index (χ2n) is 6.28. The standard InChI is InChI=1S/C19H16N6O3S2/c20-30(27,28)15-10-8-14(9-11-15)21-18(26)12-29-19-22-23-24-25(19)17-7-3-5-13-4-1-2-6-16(13)17/h1-11H,12H2,(H,21,26)(H2,20,27,28). The molecule has 1 aromatic heterocycles. The zero-order chi connectivity index (χ0) is 21.1. The van der Waals surface area contributed by atoms with E-state index in [2.05, 4.69) is 20.8 Å². The summed E-state index contributed by atoms with van der Waals surface area (Å²) < 4.78 is 24.2. The number of nitrogens with one attached hydrogen (secondary N) is 1. The van der Waals surface area contributed by atoms with Crippen molar-refractivity contribution >= 4 is 44.2 Å². The zero-order valence-electron chi connectivity index (χ0n) is 15.5. The first kappa shape index (κ1) is 20.0. The van der Waals surface area contributed by atoms with E-state index in [0.717, 1.165) is 16.5 Å². The van der Waals surface area contributed by atoms with Gasteiger partial charge in [0, 0.05) is 11.1 Å². The molecule has 0 aliphatic heterocycles. The second-order valence-corrected chi connectivity index (χ2v) is 8.78. The van der Waals surface area contributed by atoms with Crippen molar-refractivity contribution in [2.45, 2.75) is 10.1 Å². The zero-order valence-corrected chi connectivity index (χ0v) is 17.1. The summed E-state index contributed by atoms with van der Waals surface area (Å²) in [6.45, 7) is 0. The number of rotatable bonds is 6. The van der Waals surface area contributed by atoms with E-state index in [1.165, 1.54) is 36.0 Å². The summed E-state index contributed by atoms with van der Waals surface area (Å²) in [6.07, 6.45) is 0. The Hall–Kier alpha value is -3.28.